The maximum atomic E-state index is 10.5. The van der Waals surface area contributed by atoms with Crippen molar-refractivity contribution in [2.75, 3.05) is 29.5 Å². The molecule has 0 spiro atoms. The SMILES string of the molecule is O=S(=O)=O.[C-]#[N+]c1nc(NCCS(=O)(=O)[O-])c(C#N)nc1NC[CH2-].[Na+].[Na+]. The minimum atomic E-state index is -4.37. The van der Waals surface area contributed by atoms with E-state index in [1.807, 2.05) is 0 Å². The van der Waals surface area contributed by atoms with Crippen molar-refractivity contribution < 1.29 is 84.7 Å². The smallest absolute Gasteiger partial charge is 0.748 e. The van der Waals surface area contributed by atoms with Gasteiger partial charge < -0.3 is 27.0 Å². The van der Waals surface area contributed by atoms with Crippen LogP contribution in [0.15, 0.2) is 0 Å². The van der Waals surface area contributed by atoms with Gasteiger partial charge in [-0.2, -0.15) is 5.26 Å². The van der Waals surface area contributed by atoms with E-state index in [1.54, 1.807) is 6.07 Å². The van der Waals surface area contributed by atoms with Gasteiger partial charge in [-0.05, 0) is 0 Å². The van der Waals surface area contributed by atoms with Crippen molar-refractivity contribution >= 4 is 38.2 Å². The predicted octanol–water partition coefficient (Wildman–Crippen LogP) is -6.89. The van der Waals surface area contributed by atoms with E-state index < -0.39 is 26.5 Å². The number of rotatable bonds is 6. The van der Waals surface area contributed by atoms with Crippen LogP contribution in [0, 0.1) is 24.8 Å². The molecule has 0 unspecified atom stereocenters. The molecule has 0 bridgehead atoms. The van der Waals surface area contributed by atoms with Crippen LogP contribution in [-0.2, 0) is 20.7 Å². The Morgan fingerprint density at radius 2 is 1.77 bits per heavy atom. The van der Waals surface area contributed by atoms with Gasteiger partial charge >= 0.3 is 75.5 Å². The molecule has 130 valence electrons. The zero-order chi connectivity index (χ0) is 18.8. The Hall–Kier alpha value is -0.810. The third kappa shape index (κ3) is 13.4. The summed E-state index contributed by atoms with van der Waals surface area (Å²) in [5.41, 5.74) is -0.114. The zero-order valence-electron chi connectivity index (χ0n) is 13.9. The molecular weight excluding hydrogens is 410 g/mol. The van der Waals surface area contributed by atoms with Crippen LogP contribution in [0.25, 0.3) is 4.85 Å². The second-order valence-corrected chi connectivity index (χ2v) is 5.57. The van der Waals surface area contributed by atoms with E-state index in [0.717, 1.165) is 0 Å². The first kappa shape index (κ1) is 29.9. The quantitative estimate of drug-likeness (QED) is 0.253. The minimum absolute atomic E-state index is 0. The summed E-state index contributed by atoms with van der Waals surface area (Å²) >= 11 is 0. The van der Waals surface area contributed by atoms with Crippen LogP contribution in [0.3, 0.4) is 0 Å². The summed E-state index contributed by atoms with van der Waals surface area (Å²) in [7, 11) is -7.48. The average Bonchev–Trinajstić information content (AvgIpc) is 2.46. The molecular formula is C10H10N6Na2O6S2. The molecule has 1 rings (SSSR count). The summed E-state index contributed by atoms with van der Waals surface area (Å²) < 4.78 is 56.8. The number of aromatic nitrogens is 2. The molecule has 0 amide bonds. The summed E-state index contributed by atoms with van der Waals surface area (Å²) in [6.07, 6.45) is 0. The number of hydrogen-bond acceptors (Lipinski definition) is 11. The maximum Gasteiger partial charge on any atom is 1.00 e. The summed E-state index contributed by atoms with van der Waals surface area (Å²) in [6, 6.07) is 1.77. The van der Waals surface area contributed by atoms with Crippen LogP contribution in [0.4, 0.5) is 17.5 Å². The van der Waals surface area contributed by atoms with Crippen molar-refractivity contribution in [1.29, 1.82) is 5.26 Å². The minimum Gasteiger partial charge on any atom is -0.748 e. The summed E-state index contributed by atoms with van der Waals surface area (Å²) in [4.78, 5) is 10.9. The van der Waals surface area contributed by atoms with Crippen LogP contribution < -0.4 is 69.7 Å². The fourth-order valence-corrected chi connectivity index (χ4v) is 1.59. The zero-order valence-corrected chi connectivity index (χ0v) is 19.5. The normalized spacial score (nSPS) is 8.92. The van der Waals surface area contributed by atoms with Crippen molar-refractivity contribution in [3.05, 3.63) is 24.0 Å². The van der Waals surface area contributed by atoms with Gasteiger partial charge in [0, 0.05) is 6.54 Å². The topological polar surface area (TPSA) is 186 Å². The first-order chi connectivity index (χ1) is 11.1. The van der Waals surface area contributed by atoms with Crippen molar-refractivity contribution in [1.82, 2.24) is 9.97 Å². The molecule has 0 saturated heterocycles. The van der Waals surface area contributed by atoms with Gasteiger partial charge in [-0.25, -0.2) is 13.4 Å². The molecule has 0 aliphatic heterocycles. The summed E-state index contributed by atoms with van der Waals surface area (Å²) in [5, 5.41) is 14.1. The van der Waals surface area contributed by atoms with Gasteiger partial charge in [0.25, 0.3) is 5.82 Å². The third-order valence-electron chi connectivity index (χ3n) is 2.03. The molecule has 0 saturated carbocycles. The number of nitrogens with one attached hydrogen (secondary N) is 2. The van der Waals surface area contributed by atoms with Gasteiger partial charge in [-0.3, -0.25) is 0 Å². The third-order valence-corrected chi connectivity index (χ3v) is 2.73. The number of nitrogens with zero attached hydrogens (tertiary/aromatic N) is 4. The van der Waals surface area contributed by atoms with E-state index in [2.05, 4.69) is 32.4 Å². The van der Waals surface area contributed by atoms with E-state index in [1.165, 1.54) is 0 Å². The predicted molar refractivity (Wildman–Crippen MR) is 79.6 cm³/mol. The molecule has 0 radical (unpaired) electrons. The molecule has 0 aliphatic rings. The average molecular weight is 420 g/mol. The maximum absolute atomic E-state index is 10.5. The van der Waals surface area contributed by atoms with E-state index >= 15 is 0 Å². The molecule has 16 heteroatoms. The molecule has 0 fully saturated rings. The fraction of sp³-hybridized carbons (Fsp3) is 0.300. The Kier molecular flexibility index (Phi) is 17.6. The number of nitriles is 1. The van der Waals surface area contributed by atoms with Crippen molar-refractivity contribution in [3.63, 3.8) is 0 Å². The van der Waals surface area contributed by atoms with Crippen molar-refractivity contribution in [2.24, 2.45) is 0 Å². The van der Waals surface area contributed by atoms with Crippen LogP contribution in [0.2, 0.25) is 0 Å². The van der Waals surface area contributed by atoms with E-state index in [4.69, 9.17) is 24.5 Å². The monoisotopic (exact) mass is 420 g/mol. The van der Waals surface area contributed by atoms with Gasteiger partial charge in [-0.1, -0.05) is 11.6 Å². The van der Waals surface area contributed by atoms with Crippen LogP contribution in [0.1, 0.15) is 5.69 Å². The Bertz CT molecular complexity index is 872. The second kappa shape index (κ2) is 15.3. The molecule has 0 aliphatic carbocycles. The summed E-state index contributed by atoms with van der Waals surface area (Å²) in [5.74, 6) is -0.670. The number of anilines is 2. The number of hydrogen-bond donors (Lipinski definition) is 2. The Labute approximate surface area is 196 Å². The molecule has 1 heterocycles. The first-order valence-corrected chi connectivity index (χ1v) is 8.39. The van der Waals surface area contributed by atoms with E-state index in [9.17, 15) is 13.0 Å². The summed E-state index contributed by atoms with van der Waals surface area (Å²) in [6.45, 7) is 10.5. The molecule has 1 aromatic heterocycles. The van der Waals surface area contributed by atoms with E-state index in [-0.39, 0.29) is 95.4 Å². The van der Waals surface area contributed by atoms with Gasteiger partial charge in [0.2, 0.25) is 5.69 Å². The van der Waals surface area contributed by atoms with Crippen LogP contribution >= 0.6 is 0 Å². The van der Waals surface area contributed by atoms with Crippen LogP contribution in [0.5, 0.6) is 0 Å². The standard InChI is InChI=1S/C10H11N6O3S.2Na.O3S/c1-3-13-10-9(12-2)16-8(7(6-11)15-10)14-4-5-20(17,18)19;;;1-4(2)3/h1,3-5H2,(H,13,15)(H,14,16)(H,17,18,19);;;/q-1;2*+1;/p-1. The first-order valence-electron chi connectivity index (χ1n) is 5.81. The molecule has 0 aromatic carbocycles. The molecule has 26 heavy (non-hydrogen) atoms. The van der Waals surface area contributed by atoms with Crippen LogP contribution in [-0.4, -0.2) is 54.4 Å². The second-order valence-electron chi connectivity index (χ2n) is 3.64. The molecule has 12 nitrogen and oxygen atoms in total. The van der Waals surface area contributed by atoms with Gasteiger partial charge in [0.05, 0.1) is 15.9 Å². The van der Waals surface area contributed by atoms with Gasteiger partial charge in [0.15, 0.2) is 5.82 Å². The molecule has 2 N–H and O–H groups in total. The largest absolute Gasteiger partial charge is 1.00 e. The Balaban J connectivity index is -0.000000798. The molecule has 0 atom stereocenters. The fourth-order valence-electron chi connectivity index (χ4n) is 1.24. The Morgan fingerprint density at radius 3 is 2.15 bits per heavy atom. The Morgan fingerprint density at radius 1 is 1.23 bits per heavy atom. The van der Waals surface area contributed by atoms with Crippen molar-refractivity contribution in [3.8, 4) is 6.07 Å². The molecule has 1 aromatic rings. The van der Waals surface area contributed by atoms with Crippen molar-refractivity contribution in [2.45, 2.75) is 0 Å². The van der Waals surface area contributed by atoms with E-state index in [0.29, 0.717) is 0 Å². The van der Waals surface area contributed by atoms with Gasteiger partial charge in [0.1, 0.15) is 6.07 Å². The van der Waals surface area contributed by atoms with Gasteiger partial charge in [-0.15, -0.1) is 19.2 Å².